The molecule has 29 heavy (non-hydrogen) atoms. The third-order valence-electron chi connectivity index (χ3n) is 5.24. The van der Waals surface area contributed by atoms with E-state index in [0.717, 1.165) is 28.3 Å². The van der Waals surface area contributed by atoms with Crippen LogP contribution in [0.1, 0.15) is 39.1 Å². The fourth-order valence-corrected chi connectivity index (χ4v) is 3.55. The van der Waals surface area contributed by atoms with E-state index in [1.54, 1.807) is 7.11 Å². The lowest BCUT2D eigenvalue weighted by atomic mass is 10.0. The minimum atomic E-state index is -0.303. The van der Waals surface area contributed by atoms with E-state index in [2.05, 4.69) is 10.5 Å². The smallest absolute Gasteiger partial charge is 0.255 e. The Morgan fingerprint density at radius 1 is 1.17 bits per heavy atom. The number of hydrogen-bond donors (Lipinski definition) is 1. The molecule has 0 unspecified atom stereocenters. The van der Waals surface area contributed by atoms with Crippen molar-refractivity contribution in [1.29, 1.82) is 0 Å². The van der Waals surface area contributed by atoms with Gasteiger partial charge in [-0.3, -0.25) is 4.79 Å². The average Bonchev–Trinajstić information content (AvgIpc) is 3.06. The van der Waals surface area contributed by atoms with Crippen LogP contribution >= 0.6 is 0 Å². The number of fused-ring (bicyclic) bond motifs is 1. The highest BCUT2D eigenvalue weighted by atomic mass is 16.5. The standard InChI is InChI=1S/C22H23N3O4/c1-13-17(14(2)29-24-13)12-28-19-10-9-15(11-20(19)27-4)21-23-22(26)16-7-5-6-8-18(16)25(21)3/h5-11,21H,12H2,1-4H3,(H,23,26)/t21-/m1/s1. The van der Waals surface area contributed by atoms with Gasteiger partial charge in [-0.1, -0.05) is 23.4 Å². The molecular weight excluding hydrogens is 370 g/mol. The van der Waals surface area contributed by atoms with Crippen LogP contribution in [0.4, 0.5) is 5.69 Å². The average molecular weight is 393 g/mol. The predicted octanol–water partition coefficient (Wildman–Crippen LogP) is 3.76. The van der Waals surface area contributed by atoms with Crippen LogP contribution < -0.4 is 19.7 Å². The molecule has 1 aliphatic heterocycles. The van der Waals surface area contributed by atoms with E-state index in [1.807, 2.05) is 68.3 Å². The summed E-state index contributed by atoms with van der Waals surface area (Å²) < 4.78 is 16.7. The van der Waals surface area contributed by atoms with Crippen LogP contribution in [0.2, 0.25) is 0 Å². The summed E-state index contributed by atoms with van der Waals surface area (Å²) in [6, 6.07) is 13.2. The molecule has 7 nitrogen and oxygen atoms in total. The zero-order chi connectivity index (χ0) is 20.5. The summed E-state index contributed by atoms with van der Waals surface area (Å²) in [5, 5.41) is 7.00. The first-order chi connectivity index (χ1) is 14.0. The second-order valence-corrected chi connectivity index (χ2v) is 7.01. The Morgan fingerprint density at radius 3 is 2.69 bits per heavy atom. The molecule has 0 aliphatic carbocycles. The number of carbonyl (C=O) groups excluding carboxylic acids is 1. The molecule has 4 rings (SSSR count). The summed E-state index contributed by atoms with van der Waals surface area (Å²) in [4.78, 5) is 14.6. The molecule has 0 saturated heterocycles. The van der Waals surface area contributed by atoms with Crippen LogP contribution in [0.5, 0.6) is 11.5 Å². The Hall–Kier alpha value is -3.48. The monoisotopic (exact) mass is 393 g/mol. The van der Waals surface area contributed by atoms with Gasteiger partial charge in [0.2, 0.25) is 0 Å². The third-order valence-corrected chi connectivity index (χ3v) is 5.24. The molecular formula is C22H23N3O4. The van der Waals surface area contributed by atoms with Crippen LogP contribution in [-0.4, -0.2) is 25.2 Å². The molecule has 0 saturated carbocycles. The van der Waals surface area contributed by atoms with Gasteiger partial charge in [0.15, 0.2) is 11.5 Å². The Balaban J connectivity index is 1.59. The topological polar surface area (TPSA) is 76.8 Å². The first-order valence-electron chi connectivity index (χ1n) is 9.34. The summed E-state index contributed by atoms with van der Waals surface area (Å²) in [6.07, 6.45) is -0.303. The van der Waals surface area contributed by atoms with Crippen molar-refractivity contribution >= 4 is 11.6 Å². The Morgan fingerprint density at radius 2 is 1.97 bits per heavy atom. The second kappa shape index (κ2) is 7.50. The normalized spacial score (nSPS) is 15.7. The number of para-hydroxylation sites is 1. The van der Waals surface area contributed by atoms with Gasteiger partial charge in [-0.15, -0.1) is 0 Å². The summed E-state index contributed by atoms with van der Waals surface area (Å²) in [6.45, 7) is 4.08. The van der Waals surface area contributed by atoms with Crippen molar-refractivity contribution in [3.63, 3.8) is 0 Å². The van der Waals surface area contributed by atoms with Crippen LogP contribution in [0, 0.1) is 13.8 Å². The van der Waals surface area contributed by atoms with Crippen molar-refractivity contribution in [2.75, 3.05) is 19.1 Å². The maximum atomic E-state index is 12.5. The number of methoxy groups -OCH3 is 1. The number of nitrogens with zero attached hydrogens (tertiary/aromatic N) is 2. The highest BCUT2D eigenvalue weighted by Crippen LogP contribution is 2.36. The molecule has 1 aromatic heterocycles. The quantitative estimate of drug-likeness (QED) is 0.711. The molecule has 150 valence electrons. The summed E-state index contributed by atoms with van der Waals surface area (Å²) >= 11 is 0. The fraction of sp³-hybridized carbons (Fsp3) is 0.273. The largest absolute Gasteiger partial charge is 0.493 e. The van der Waals surface area contributed by atoms with Gasteiger partial charge in [0.05, 0.1) is 29.6 Å². The number of nitrogens with one attached hydrogen (secondary N) is 1. The molecule has 0 spiro atoms. The van der Waals surface area contributed by atoms with Gasteiger partial charge in [-0.05, 0) is 43.7 Å². The summed E-state index contributed by atoms with van der Waals surface area (Å²) in [5.41, 5.74) is 4.18. The van der Waals surface area contributed by atoms with Crippen LogP contribution in [-0.2, 0) is 6.61 Å². The van der Waals surface area contributed by atoms with Crippen molar-refractivity contribution in [2.45, 2.75) is 26.6 Å². The first-order valence-corrected chi connectivity index (χ1v) is 9.34. The van der Waals surface area contributed by atoms with Gasteiger partial charge < -0.3 is 24.2 Å². The number of amides is 1. The molecule has 2 aromatic carbocycles. The molecule has 1 amide bonds. The highest BCUT2D eigenvalue weighted by Gasteiger charge is 2.29. The van der Waals surface area contributed by atoms with Crippen LogP contribution in [0.25, 0.3) is 0 Å². The molecule has 7 heteroatoms. The lowest BCUT2D eigenvalue weighted by Crippen LogP contribution is -2.44. The molecule has 1 aliphatic rings. The molecule has 2 heterocycles. The van der Waals surface area contributed by atoms with Crippen molar-refractivity contribution in [1.82, 2.24) is 10.5 Å². The maximum Gasteiger partial charge on any atom is 0.255 e. The van der Waals surface area contributed by atoms with Crippen molar-refractivity contribution < 1.29 is 18.8 Å². The van der Waals surface area contributed by atoms with E-state index in [0.29, 0.717) is 23.7 Å². The fourth-order valence-electron chi connectivity index (χ4n) is 3.55. The van der Waals surface area contributed by atoms with Gasteiger partial charge in [0.1, 0.15) is 18.5 Å². The first kappa shape index (κ1) is 18.9. The number of anilines is 1. The summed E-state index contributed by atoms with van der Waals surface area (Å²) in [5.74, 6) is 1.85. The van der Waals surface area contributed by atoms with Gasteiger partial charge >= 0.3 is 0 Å². The van der Waals surface area contributed by atoms with Crippen LogP contribution in [0.3, 0.4) is 0 Å². The second-order valence-electron chi connectivity index (χ2n) is 7.01. The van der Waals surface area contributed by atoms with Crippen molar-refractivity contribution in [2.24, 2.45) is 0 Å². The maximum absolute atomic E-state index is 12.5. The van der Waals surface area contributed by atoms with E-state index in [1.165, 1.54) is 0 Å². The zero-order valence-corrected chi connectivity index (χ0v) is 16.9. The van der Waals surface area contributed by atoms with Gasteiger partial charge in [-0.25, -0.2) is 0 Å². The molecule has 0 radical (unpaired) electrons. The lowest BCUT2D eigenvalue weighted by molar-refractivity contribution is 0.0928. The van der Waals surface area contributed by atoms with Gasteiger partial charge in [0.25, 0.3) is 5.91 Å². The summed E-state index contributed by atoms with van der Waals surface area (Å²) in [7, 11) is 3.55. The predicted molar refractivity (Wildman–Crippen MR) is 108 cm³/mol. The minimum absolute atomic E-state index is 0.0959. The minimum Gasteiger partial charge on any atom is -0.493 e. The molecule has 0 fully saturated rings. The Labute approximate surface area is 169 Å². The van der Waals surface area contributed by atoms with Crippen molar-refractivity contribution in [3.8, 4) is 11.5 Å². The number of carbonyl (C=O) groups is 1. The van der Waals surface area contributed by atoms with Gasteiger partial charge in [-0.2, -0.15) is 0 Å². The number of hydrogen-bond acceptors (Lipinski definition) is 6. The van der Waals surface area contributed by atoms with E-state index < -0.39 is 0 Å². The van der Waals surface area contributed by atoms with E-state index in [4.69, 9.17) is 14.0 Å². The number of benzene rings is 2. The SMILES string of the molecule is COc1cc([C@@H]2NC(=O)c3ccccc3N2C)ccc1OCc1c(C)noc1C. The van der Waals surface area contributed by atoms with Gasteiger partial charge in [0, 0.05) is 7.05 Å². The zero-order valence-electron chi connectivity index (χ0n) is 16.9. The molecule has 3 aromatic rings. The van der Waals surface area contributed by atoms with Crippen molar-refractivity contribution in [3.05, 3.63) is 70.6 Å². The number of aryl methyl sites for hydroxylation is 2. The Bertz CT molecular complexity index is 1040. The third kappa shape index (κ3) is 3.40. The van der Waals surface area contributed by atoms with E-state index in [9.17, 15) is 4.79 Å². The molecule has 0 bridgehead atoms. The number of rotatable bonds is 5. The van der Waals surface area contributed by atoms with E-state index >= 15 is 0 Å². The van der Waals surface area contributed by atoms with E-state index in [-0.39, 0.29) is 12.1 Å². The Kier molecular flexibility index (Phi) is 4.88. The lowest BCUT2D eigenvalue weighted by Gasteiger charge is -2.36. The molecule has 1 atom stereocenters. The van der Waals surface area contributed by atoms with Crippen LogP contribution in [0.15, 0.2) is 47.0 Å². The molecule has 1 N–H and O–H groups in total. The highest BCUT2D eigenvalue weighted by molar-refractivity contribution is 6.02. The number of ether oxygens (including phenoxy) is 2. The number of aromatic nitrogens is 1.